The number of aldehydes is 1. The van der Waals surface area contributed by atoms with Gasteiger partial charge in [0.05, 0.1) is 11.8 Å². The number of esters is 1. The van der Waals surface area contributed by atoms with Crippen LogP contribution in [0.15, 0.2) is 108 Å². The molecule has 0 aliphatic rings. The lowest BCUT2D eigenvalue weighted by molar-refractivity contribution is -0.109. The summed E-state index contributed by atoms with van der Waals surface area (Å²) in [6, 6.07) is 31.6. The van der Waals surface area contributed by atoms with Crippen molar-refractivity contribution in [2.75, 3.05) is 0 Å². The van der Waals surface area contributed by atoms with Crippen LogP contribution < -0.4 is 15.9 Å². The number of carbonyl (C=O) groups excluding carboxylic acids is 2. The van der Waals surface area contributed by atoms with Crippen LogP contribution in [-0.2, 0) is 9.53 Å². The number of hydrogen-bond acceptors (Lipinski definition) is 4. The molecule has 0 unspecified atom stereocenters. The summed E-state index contributed by atoms with van der Waals surface area (Å²) in [6.45, 7) is 1.88. The molecule has 0 bridgehead atoms. The largest absolute Gasteiger partial charge is 0.465 e. The molecule has 2 atom stereocenters. The average molecular weight is 456 g/mol. The van der Waals surface area contributed by atoms with Crippen molar-refractivity contribution in [3.05, 3.63) is 115 Å². The molecule has 0 fully saturated rings. The van der Waals surface area contributed by atoms with Crippen molar-refractivity contribution >= 4 is 36.1 Å². The molecule has 0 aliphatic carbocycles. The Morgan fingerprint density at radius 3 is 2.06 bits per heavy atom. The first-order chi connectivity index (χ1) is 16.2. The van der Waals surface area contributed by atoms with E-state index in [1.165, 1.54) is 0 Å². The van der Waals surface area contributed by atoms with E-state index < -0.39 is 20.0 Å². The molecular weight excluding hydrogens is 431 g/mol. The third kappa shape index (κ3) is 5.30. The summed E-state index contributed by atoms with van der Waals surface area (Å²) < 4.78 is 11.5. The van der Waals surface area contributed by atoms with Gasteiger partial charge in [-0.15, -0.1) is 0 Å². The Morgan fingerprint density at radius 2 is 1.48 bits per heavy atom. The van der Waals surface area contributed by atoms with Crippen LogP contribution in [0.4, 0.5) is 0 Å². The van der Waals surface area contributed by atoms with Crippen molar-refractivity contribution in [2.24, 2.45) is 5.92 Å². The summed E-state index contributed by atoms with van der Waals surface area (Å²) in [5, 5.41) is 3.22. The van der Waals surface area contributed by atoms with Crippen molar-refractivity contribution in [3.63, 3.8) is 0 Å². The van der Waals surface area contributed by atoms with Crippen LogP contribution in [0, 0.1) is 5.92 Å². The monoisotopic (exact) mass is 456 g/mol. The quantitative estimate of drug-likeness (QED) is 0.198. The van der Waals surface area contributed by atoms with Gasteiger partial charge < -0.3 is 13.9 Å². The van der Waals surface area contributed by atoms with Crippen LogP contribution in [0.5, 0.6) is 0 Å². The molecule has 1 aromatic heterocycles. The van der Waals surface area contributed by atoms with Gasteiger partial charge in [0.25, 0.3) is 0 Å². The number of benzene rings is 3. The Morgan fingerprint density at radius 1 is 0.879 bits per heavy atom. The van der Waals surface area contributed by atoms with Crippen molar-refractivity contribution < 1.29 is 18.7 Å². The number of furan rings is 1. The molecule has 0 saturated heterocycles. The van der Waals surface area contributed by atoms with E-state index in [1.54, 1.807) is 18.4 Å². The van der Waals surface area contributed by atoms with Crippen molar-refractivity contribution in [1.29, 1.82) is 0 Å². The lowest BCUT2D eigenvalue weighted by atomic mass is 9.99. The summed E-state index contributed by atoms with van der Waals surface area (Å²) in [7, 11) is -0.972. The molecule has 0 saturated carbocycles. The lowest BCUT2D eigenvalue weighted by Gasteiger charge is -2.24. The van der Waals surface area contributed by atoms with Crippen LogP contribution in [0.1, 0.15) is 35.6 Å². The second-order valence-electron chi connectivity index (χ2n) is 7.74. The van der Waals surface area contributed by atoms with Crippen LogP contribution in [0.25, 0.3) is 0 Å². The van der Waals surface area contributed by atoms with E-state index in [-0.39, 0.29) is 12.3 Å². The first-order valence-corrected chi connectivity index (χ1v) is 12.2. The van der Waals surface area contributed by atoms with Gasteiger partial charge in [-0.05, 0) is 42.0 Å². The highest BCUT2D eigenvalue weighted by atomic mass is 31.1. The summed E-state index contributed by atoms with van der Waals surface area (Å²) in [5.74, 6) is -0.109. The summed E-state index contributed by atoms with van der Waals surface area (Å²) >= 11 is 0. The minimum atomic E-state index is -0.972. The second kappa shape index (κ2) is 10.9. The Hall–Kier alpha value is -3.49. The van der Waals surface area contributed by atoms with Crippen LogP contribution in [-0.4, -0.2) is 12.3 Å². The zero-order chi connectivity index (χ0) is 23.0. The third-order valence-corrected chi connectivity index (χ3v) is 7.94. The van der Waals surface area contributed by atoms with Gasteiger partial charge in [0.1, 0.15) is 12.0 Å². The SMILES string of the molecule is C[C@@H](CC=O)[C@@H](OC(=O)c1ccccc1P(c1ccccc1)c1ccccc1)c1ccco1. The number of rotatable bonds is 9. The van der Waals surface area contributed by atoms with E-state index in [0.29, 0.717) is 11.3 Å². The normalized spacial score (nSPS) is 12.8. The number of hydrogen-bond donors (Lipinski definition) is 0. The maximum Gasteiger partial charge on any atom is 0.339 e. The zero-order valence-electron chi connectivity index (χ0n) is 18.3. The summed E-state index contributed by atoms with van der Waals surface area (Å²) in [5.41, 5.74) is 0.520. The first-order valence-electron chi connectivity index (χ1n) is 10.9. The number of carbonyl (C=O) groups is 2. The van der Waals surface area contributed by atoms with Crippen LogP contribution in [0.2, 0.25) is 0 Å². The number of ether oxygens (including phenoxy) is 1. The highest BCUT2D eigenvalue weighted by Gasteiger charge is 2.29. The molecule has 0 amide bonds. The Labute approximate surface area is 195 Å². The van der Waals surface area contributed by atoms with Gasteiger partial charge in [0, 0.05) is 12.3 Å². The van der Waals surface area contributed by atoms with E-state index in [2.05, 4.69) is 24.3 Å². The fourth-order valence-corrected chi connectivity index (χ4v) is 6.22. The molecule has 5 heteroatoms. The molecular formula is C28H25O4P. The van der Waals surface area contributed by atoms with Gasteiger partial charge >= 0.3 is 5.97 Å². The summed E-state index contributed by atoms with van der Waals surface area (Å²) in [4.78, 5) is 24.6. The zero-order valence-corrected chi connectivity index (χ0v) is 19.2. The Kier molecular flexibility index (Phi) is 7.49. The minimum Gasteiger partial charge on any atom is -0.465 e. The lowest BCUT2D eigenvalue weighted by Crippen LogP contribution is -2.27. The van der Waals surface area contributed by atoms with Gasteiger partial charge in [-0.25, -0.2) is 4.79 Å². The standard InChI is InChI=1S/C28H25O4P/c1-21(18-19-29)27(25-16-10-20-31-25)32-28(30)24-15-8-9-17-26(24)33(22-11-4-2-5-12-22)23-13-6-3-7-14-23/h2-17,19-21,27H,18H2,1H3/t21-,27+/m0/s1. The molecule has 33 heavy (non-hydrogen) atoms. The van der Waals surface area contributed by atoms with Crippen LogP contribution in [0.3, 0.4) is 0 Å². The van der Waals surface area contributed by atoms with E-state index in [9.17, 15) is 9.59 Å². The second-order valence-corrected chi connectivity index (χ2v) is 9.93. The van der Waals surface area contributed by atoms with Gasteiger partial charge in [-0.3, -0.25) is 0 Å². The minimum absolute atomic E-state index is 0.213. The van der Waals surface area contributed by atoms with Gasteiger partial charge in [0.2, 0.25) is 0 Å². The maximum atomic E-state index is 13.5. The van der Waals surface area contributed by atoms with Gasteiger partial charge in [-0.2, -0.15) is 0 Å². The third-order valence-electron chi connectivity index (χ3n) is 5.44. The van der Waals surface area contributed by atoms with E-state index in [1.807, 2.05) is 67.6 Å². The highest BCUT2D eigenvalue weighted by Crippen LogP contribution is 2.35. The summed E-state index contributed by atoms with van der Waals surface area (Å²) in [6.07, 6.45) is 2.00. The molecule has 4 nitrogen and oxygen atoms in total. The maximum absolute atomic E-state index is 13.5. The van der Waals surface area contributed by atoms with E-state index in [0.717, 1.165) is 22.2 Å². The van der Waals surface area contributed by atoms with E-state index >= 15 is 0 Å². The highest BCUT2D eigenvalue weighted by molar-refractivity contribution is 7.80. The molecule has 0 N–H and O–H groups in total. The molecule has 0 spiro atoms. The topological polar surface area (TPSA) is 56.5 Å². The van der Waals surface area contributed by atoms with Crippen LogP contribution >= 0.6 is 7.92 Å². The average Bonchev–Trinajstić information content (AvgIpc) is 3.39. The smallest absolute Gasteiger partial charge is 0.339 e. The fourth-order valence-electron chi connectivity index (χ4n) is 3.78. The molecule has 0 aliphatic heterocycles. The van der Waals surface area contributed by atoms with Gasteiger partial charge in [0.15, 0.2) is 6.10 Å². The molecule has 166 valence electrons. The Balaban J connectivity index is 1.74. The van der Waals surface area contributed by atoms with Crippen molar-refractivity contribution in [2.45, 2.75) is 19.4 Å². The van der Waals surface area contributed by atoms with E-state index in [4.69, 9.17) is 9.15 Å². The fraction of sp³-hybridized carbons (Fsp3) is 0.143. The van der Waals surface area contributed by atoms with Crippen molar-refractivity contribution in [1.82, 2.24) is 0 Å². The molecule has 1 heterocycles. The molecule has 3 aromatic carbocycles. The Bertz CT molecular complexity index is 1130. The predicted molar refractivity (Wildman–Crippen MR) is 132 cm³/mol. The molecule has 0 radical (unpaired) electrons. The molecule has 4 aromatic rings. The van der Waals surface area contributed by atoms with Gasteiger partial charge in [-0.1, -0.05) is 85.8 Å². The molecule has 4 rings (SSSR count). The predicted octanol–water partition coefficient (Wildman–Crippen LogP) is 5.16. The first kappa shape index (κ1) is 22.7. The van der Waals surface area contributed by atoms with Crippen molar-refractivity contribution in [3.8, 4) is 0 Å².